The van der Waals surface area contributed by atoms with Crippen molar-refractivity contribution in [2.45, 2.75) is 45.1 Å². The highest BCUT2D eigenvalue weighted by Gasteiger charge is 2.23. The number of hydrogen-bond acceptors (Lipinski definition) is 3. The molecule has 5 heteroatoms. The SMILES string of the molecule is COc1ccc(CCN(C)C(=O)NC2CCCCC2C)cc1OC. The van der Waals surface area contributed by atoms with Crippen LogP contribution >= 0.6 is 0 Å². The lowest BCUT2D eigenvalue weighted by Gasteiger charge is -2.31. The van der Waals surface area contributed by atoms with E-state index in [4.69, 9.17) is 9.47 Å². The summed E-state index contributed by atoms with van der Waals surface area (Å²) in [4.78, 5) is 14.1. The minimum Gasteiger partial charge on any atom is -0.493 e. The van der Waals surface area contributed by atoms with Crippen molar-refractivity contribution < 1.29 is 14.3 Å². The number of urea groups is 1. The van der Waals surface area contributed by atoms with Crippen LogP contribution in [-0.4, -0.2) is 44.8 Å². The maximum atomic E-state index is 12.4. The number of carbonyl (C=O) groups is 1. The van der Waals surface area contributed by atoms with Gasteiger partial charge in [-0.2, -0.15) is 0 Å². The second-order valence-corrected chi connectivity index (χ2v) is 6.68. The van der Waals surface area contributed by atoms with Gasteiger partial charge in [0.05, 0.1) is 14.2 Å². The Labute approximate surface area is 145 Å². The highest BCUT2D eigenvalue weighted by Crippen LogP contribution is 2.28. The Morgan fingerprint density at radius 2 is 1.92 bits per heavy atom. The first kappa shape index (κ1) is 18.4. The lowest BCUT2D eigenvalue weighted by molar-refractivity contribution is 0.192. The maximum absolute atomic E-state index is 12.4. The number of benzene rings is 1. The van der Waals surface area contributed by atoms with E-state index in [1.54, 1.807) is 19.1 Å². The molecule has 0 spiro atoms. The van der Waals surface area contributed by atoms with E-state index >= 15 is 0 Å². The van der Waals surface area contributed by atoms with E-state index in [2.05, 4.69) is 12.2 Å². The number of likely N-dealkylation sites (N-methyl/N-ethyl adjacent to an activating group) is 1. The molecule has 1 N–H and O–H groups in total. The van der Waals surface area contributed by atoms with Gasteiger partial charge in [0.1, 0.15) is 0 Å². The molecule has 1 fully saturated rings. The van der Waals surface area contributed by atoms with Crippen LogP contribution < -0.4 is 14.8 Å². The number of ether oxygens (including phenoxy) is 2. The zero-order valence-electron chi connectivity index (χ0n) is 15.3. The van der Waals surface area contributed by atoms with Gasteiger partial charge in [-0.1, -0.05) is 25.8 Å². The number of rotatable bonds is 6. The average Bonchev–Trinajstić information content (AvgIpc) is 2.61. The van der Waals surface area contributed by atoms with Crippen LogP contribution in [0.4, 0.5) is 4.79 Å². The van der Waals surface area contributed by atoms with Gasteiger partial charge in [0.25, 0.3) is 0 Å². The Balaban J connectivity index is 1.85. The Hall–Kier alpha value is -1.91. The topological polar surface area (TPSA) is 50.8 Å². The summed E-state index contributed by atoms with van der Waals surface area (Å²) in [7, 11) is 5.11. The minimum absolute atomic E-state index is 0.0224. The molecule has 0 aliphatic heterocycles. The molecule has 1 aliphatic carbocycles. The van der Waals surface area contributed by atoms with Crippen LogP contribution in [0.25, 0.3) is 0 Å². The van der Waals surface area contributed by atoms with E-state index in [-0.39, 0.29) is 6.03 Å². The normalized spacial score (nSPS) is 20.3. The first-order valence-electron chi connectivity index (χ1n) is 8.77. The van der Waals surface area contributed by atoms with Crippen LogP contribution in [0.1, 0.15) is 38.2 Å². The van der Waals surface area contributed by atoms with Gasteiger partial charge in [-0.25, -0.2) is 4.79 Å². The van der Waals surface area contributed by atoms with Crippen molar-refractivity contribution in [3.05, 3.63) is 23.8 Å². The Kier molecular flexibility index (Phi) is 6.76. The summed E-state index contributed by atoms with van der Waals surface area (Å²) in [5.41, 5.74) is 1.12. The first-order chi connectivity index (χ1) is 11.5. The fourth-order valence-corrected chi connectivity index (χ4v) is 3.23. The van der Waals surface area contributed by atoms with E-state index in [0.717, 1.165) is 29.9 Å². The van der Waals surface area contributed by atoms with E-state index in [1.807, 2.05) is 25.2 Å². The van der Waals surface area contributed by atoms with Crippen molar-refractivity contribution in [2.75, 3.05) is 27.8 Å². The second kappa shape index (κ2) is 8.81. The van der Waals surface area contributed by atoms with Gasteiger partial charge in [0.2, 0.25) is 0 Å². The fourth-order valence-electron chi connectivity index (χ4n) is 3.23. The zero-order valence-corrected chi connectivity index (χ0v) is 15.3. The summed E-state index contributed by atoms with van der Waals surface area (Å²) in [6.07, 6.45) is 5.58. The summed E-state index contributed by atoms with van der Waals surface area (Å²) in [5, 5.41) is 3.19. The number of amides is 2. The standard InChI is InChI=1S/C19H30N2O3/c1-14-7-5-6-8-16(14)20-19(22)21(2)12-11-15-9-10-17(23-3)18(13-15)24-4/h9-10,13-14,16H,5-8,11-12H2,1-4H3,(H,20,22). The predicted octanol–water partition coefficient (Wildman–Crippen LogP) is 3.47. The largest absolute Gasteiger partial charge is 0.493 e. The molecule has 0 saturated heterocycles. The number of nitrogens with zero attached hydrogens (tertiary/aromatic N) is 1. The van der Waals surface area contributed by atoms with E-state index in [0.29, 0.717) is 18.5 Å². The van der Waals surface area contributed by atoms with Gasteiger partial charge >= 0.3 is 6.03 Å². The summed E-state index contributed by atoms with van der Waals surface area (Å²) < 4.78 is 10.6. The van der Waals surface area contributed by atoms with Crippen molar-refractivity contribution >= 4 is 6.03 Å². The van der Waals surface area contributed by atoms with E-state index in [1.165, 1.54) is 19.3 Å². The lowest BCUT2D eigenvalue weighted by Crippen LogP contribution is -2.47. The van der Waals surface area contributed by atoms with Gasteiger partial charge in [-0.05, 0) is 42.9 Å². The lowest BCUT2D eigenvalue weighted by atomic mass is 9.86. The summed E-state index contributed by atoms with van der Waals surface area (Å²) >= 11 is 0. The molecule has 2 amide bonds. The van der Waals surface area contributed by atoms with Crippen LogP contribution in [0.15, 0.2) is 18.2 Å². The van der Waals surface area contributed by atoms with Crippen LogP contribution in [0.3, 0.4) is 0 Å². The summed E-state index contributed by atoms with van der Waals surface area (Å²) in [6.45, 7) is 2.90. The minimum atomic E-state index is 0.0224. The molecule has 5 nitrogen and oxygen atoms in total. The van der Waals surface area contributed by atoms with Crippen molar-refractivity contribution in [1.82, 2.24) is 10.2 Å². The molecular weight excluding hydrogens is 304 g/mol. The molecule has 2 rings (SSSR count). The summed E-state index contributed by atoms with van der Waals surface area (Å²) in [5.74, 6) is 2.01. The average molecular weight is 334 g/mol. The number of nitrogens with one attached hydrogen (secondary N) is 1. The third-order valence-electron chi connectivity index (χ3n) is 4.95. The molecule has 0 aromatic heterocycles. The van der Waals surface area contributed by atoms with E-state index < -0.39 is 0 Å². The van der Waals surface area contributed by atoms with Gasteiger partial charge in [-0.3, -0.25) is 0 Å². The van der Waals surface area contributed by atoms with Gasteiger partial charge in [0.15, 0.2) is 11.5 Å². The molecule has 0 heterocycles. The highest BCUT2D eigenvalue weighted by molar-refractivity contribution is 5.74. The molecule has 134 valence electrons. The van der Waals surface area contributed by atoms with Crippen molar-refractivity contribution in [3.63, 3.8) is 0 Å². The molecule has 0 radical (unpaired) electrons. The number of hydrogen-bond donors (Lipinski definition) is 1. The molecule has 1 saturated carbocycles. The van der Waals surface area contributed by atoms with Crippen LogP contribution in [0.5, 0.6) is 11.5 Å². The fraction of sp³-hybridized carbons (Fsp3) is 0.632. The molecule has 1 aliphatic rings. The van der Waals surface area contributed by atoms with Gasteiger partial charge in [-0.15, -0.1) is 0 Å². The van der Waals surface area contributed by atoms with Crippen molar-refractivity contribution in [1.29, 1.82) is 0 Å². The molecule has 24 heavy (non-hydrogen) atoms. The number of methoxy groups -OCH3 is 2. The highest BCUT2D eigenvalue weighted by atomic mass is 16.5. The molecule has 0 bridgehead atoms. The molecular formula is C19H30N2O3. The monoisotopic (exact) mass is 334 g/mol. The second-order valence-electron chi connectivity index (χ2n) is 6.68. The molecule has 2 atom stereocenters. The summed E-state index contributed by atoms with van der Waals surface area (Å²) in [6, 6.07) is 6.21. The van der Waals surface area contributed by atoms with E-state index in [9.17, 15) is 4.79 Å². The van der Waals surface area contributed by atoms with Crippen LogP contribution in [-0.2, 0) is 6.42 Å². The Morgan fingerprint density at radius 3 is 2.58 bits per heavy atom. The number of carbonyl (C=O) groups excluding carboxylic acids is 1. The van der Waals surface area contributed by atoms with Crippen LogP contribution in [0, 0.1) is 5.92 Å². The predicted molar refractivity (Wildman–Crippen MR) is 95.8 cm³/mol. The third kappa shape index (κ3) is 4.79. The zero-order chi connectivity index (χ0) is 17.5. The molecule has 1 aromatic carbocycles. The third-order valence-corrected chi connectivity index (χ3v) is 4.95. The molecule has 2 unspecified atom stereocenters. The Morgan fingerprint density at radius 1 is 1.21 bits per heavy atom. The quantitative estimate of drug-likeness (QED) is 0.867. The van der Waals surface area contributed by atoms with Gasteiger partial charge in [0, 0.05) is 19.6 Å². The molecule has 1 aromatic rings. The first-order valence-corrected chi connectivity index (χ1v) is 8.77. The van der Waals surface area contributed by atoms with Crippen molar-refractivity contribution in [3.8, 4) is 11.5 Å². The van der Waals surface area contributed by atoms with Gasteiger partial charge < -0.3 is 19.7 Å². The Bertz CT molecular complexity index is 547. The maximum Gasteiger partial charge on any atom is 0.317 e. The van der Waals surface area contributed by atoms with Crippen LogP contribution in [0.2, 0.25) is 0 Å². The smallest absolute Gasteiger partial charge is 0.317 e. The van der Waals surface area contributed by atoms with Crippen molar-refractivity contribution in [2.24, 2.45) is 5.92 Å².